The molecule has 0 fully saturated rings. The fourth-order valence-electron chi connectivity index (χ4n) is 4.34. The topological polar surface area (TPSA) is 95.6 Å². The van der Waals surface area contributed by atoms with Crippen LogP contribution in [0.25, 0.3) is 10.8 Å². The molecule has 0 radical (unpaired) electrons. The lowest BCUT2D eigenvalue weighted by Crippen LogP contribution is -2.47. The molecule has 1 aliphatic rings. The normalized spacial score (nSPS) is 15.7. The van der Waals surface area contributed by atoms with Crippen LogP contribution in [0.1, 0.15) is 54.1 Å². The second kappa shape index (κ2) is 9.58. The van der Waals surface area contributed by atoms with Crippen LogP contribution in [0.2, 0.25) is 0 Å². The number of benzene rings is 1. The molecule has 3 heterocycles. The molecule has 8 nitrogen and oxygen atoms in total. The maximum atomic E-state index is 14.3. The van der Waals surface area contributed by atoms with Gasteiger partial charge in [-0.15, -0.1) is 0 Å². The molecule has 0 saturated carbocycles. The van der Waals surface area contributed by atoms with Crippen molar-refractivity contribution >= 4 is 22.8 Å². The number of ether oxygens (including phenoxy) is 1. The van der Waals surface area contributed by atoms with Crippen molar-refractivity contribution in [3.63, 3.8) is 0 Å². The highest BCUT2D eigenvalue weighted by atomic mass is 19.4. The van der Waals surface area contributed by atoms with Crippen molar-refractivity contribution in [1.29, 1.82) is 0 Å². The van der Waals surface area contributed by atoms with Crippen LogP contribution in [0.15, 0.2) is 29.2 Å². The van der Waals surface area contributed by atoms with E-state index in [-0.39, 0.29) is 35.1 Å². The first kappa shape index (κ1) is 27.9. The molecule has 0 saturated heterocycles. The molecule has 2 amide bonds. The Labute approximate surface area is 217 Å². The summed E-state index contributed by atoms with van der Waals surface area (Å²) in [6.45, 7) is 4.38. The molecule has 2 aromatic heterocycles. The summed E-state index contributed by atoms with van der Waals surface area (Å²) in [5.41, 5.74) is -3.77. The van der Waals surface area contributed by atoms with Crippen LogP contribution in [0.4, 0.5) is 31.1 Å². The number of hydrogen-bond donors (Lipinski definition) is 1. The Kier molecular flexibility index (Phi) is 6.86. The van der Waals surface area contributed by atoms with Gasteiger partial charge in [0, 0.05) is 31.0 Å². The predicted octanol–water partition coefficient (Wildman–Crippen LogP) is 4.92. The van der Waals surface area contributed by atoms with Crippen LogP contribution < -0.4 is 5.56 Å². The summed E-state index contributed by atoms with van der Waals surface area (Å²) in [4.78, 5) is 46.6. The first-order valence-electron chi connectivity index (χ1n) is 11.5. The number of amides is 2. The van der Waals surface area contributed by atoms with Crippen molar-refractivity contribution in [2.45, 2.75) is 45.1 Å². The van der Waals surface area contributed by atoms with Gasteiger partial charge < -0.3 is 14.6 Å². The van der Waals surface area contributed by atoms with Gasteiger partial charge in [-0.3, -0.25) is 14.5 Å². The maximum Gasteiger partial charge on any atom is 0.436 e. The molecule has 0 bridgehead atoms. The van der Waals surface area contributed by atoms with Crippen molar-refractivity contribution in [3.05, 3.63) is 74.7 Å². The third-order valence-electron chi connectivity index (χ3n) is 6.06. The number of carbonyl (C=O) groups is 2. The second-order valence-electron chi connectivity index (χ2n) is 10.0. The van der Waals surface area contributed by atoms with Gasteiger partial charge in [0.05, 0.1) is 23.5 Å². The van der Waals surface area contributed by atoms with E-state index in [0.29, 0.717) is 18.3 Å². The first-order valence-corrected chi connectivity index (χ1v) is 11.5. The minimum absolute atomic E-state index is 0.0436. The minimum Gasteiger partial charge on any atom is -0.444 e. The molecule has 1 aromatic carbocycles. The van der Waals surface area contributed by atoms with Crippen LogP contribution in [0.3, 0.4) is 0 Å². The van der Waals surface area contributed by atoms with Crippen molar-refractivity contribution in [2.24, 2.45) is 0 Å². The summed E-state index contributed by atoms with van der Waals surface area (Å²) >= 11 is 0. The average molecular weight is 556 g/mol. The molecule has 1 atom stereocenters. The first-order chi connectivity index (χ1) is 18.0. The molecule has 14 heteroatoms. The summed E-state index contributed by atoms with van der Waals surface area (Å²) in [6, 6.07) is 0.706. The van der Waals surface area contributed by atoms with E-state index in [4.69, 9.17) is 4.74 Å². The van der Waals surface area contributed by atoms with Crippen LogP contribution >= 0.6 is 0 Å². The molecule has 1 N–H and O–H groups in total. The molecule has 0 aliphatic carbocycles. The Bertz CT molecular complexity index is 1550. The average Bonchev–Trinajstić information content (AvgIpc) is 2.81. The van der Waals surface area contributed by atoms with Crippen molar-refractivity contribution in [1.82, 2.24) is 19.8 Å². The number of fused-ring (bicyclic) bond motifs is 3. The summed E-state index contributed by atoms with van der Waals surface area (Å²) < 4.78 is 86.6. The molecule has 1 unspecified atom stereocenters. The zero-order valence-corrected chi connectivity index (χ0v) is 21.0. The summed E-state index contributed by atoms with van der Waals surface area (Å²) in [7, 11) is 1.22. The van der Waals surface area contributed by atoms with Crippen molar-refractivity contribution in [2.75, 3.05) is 13.6 Å². The third kappa shape index (κ3) is 5.40. The highest BCUT2D eigenvalue weighted by Crippen LogP contribution is 2.36. The number of carbonyl (C=O) groups excluding carboxylic acids is 2. The van der Waals surface area contributed by atoms with E-state index >= 15 is 0 Å². The van der Waals surface area contributed by atoms with Gasteiger partial charge in [-0.1, -0.05) is 0 Å². The number of aromatic nitrogens is 2. The van der Waals surface area contributed by atoms with Gasteiger partial charge in [-0.05, 0) is 44.4 Å². The Morgan fingerprint density at radius 1 is 1.05 bits per heavy atom. The SMILES string of the molecule is CN(C(=O)c1cnc(C(F)(F)F)c(F)c1)C1CN(C(=O)OC(C)(C)C)Cc2[nH]c(=O)c3cc(F)c(F)cc3c21. The van der Waals surface area contributed by atoms with E-state index in [9.17, 15) is 40.7 Å². The van der Waals surface area contributed by atoms with Crippen molar-refractivity contribution in [3.8, 4) is 0 Å². The van der Waals surface area contributed by atoms with Gasteiger partial charge in [0.1, 0.15) is 5.60 Å². The largest absolute Gasteiger partial charge is 0.444 e. The minimum atomic E-state index is -5.09. The number of likely N-dealkylation sites (N-methyl/N-ethyl adjacent to an activating group) is 1. The number of pyridine rings is 2. The van der Waals surface area contributed by atoms with Crippen molar-refractivity contribution < 1.29 is 40.7 Å². The number of H-pyrrole nitrogens is 1. The molecular formula is C25H22F6N4O4. The monoisotopic (exact) mass is 556 g/mol. The molecule has 208 valence electrons. The van der Waals surface area contributed by atoms with Crippen LogP contribution in [-0.4, -0.2) is 51.0 Å². The van der Waals surface area contributed by atoms with E-state index in [1.165, 1.54) is 7.05 Å². The smallest absolute Gasteiger partial charge is 0.436 e. The van der Waals surface area contributed by atoms with E-state index in [1.54, 1.807) is 20.8 Å². The number of hydrogen-bond acceptors (Lipinski definition) is 5. The number of nitrogens with zero attached hydrogens (tertiary/aromatic N) is 3. The molecule has 39 heavy (non-hydrogen) atoms. The predicted molar refractivity (Wildman–Crippen MR) is 125 cm³/mol. The fraction of sp³-hybridized carbons (Fsp3) is 0.360. The summed E-state index contributed by atoms with van der Waals surface area (Å²) in [5, 5.41) is -0.274. The third-order valence-corrected chi connectivity index (χ3v) is 6.06. The lowest BCUT2D eigenvalue weighted by Gasteiger charge is -2.39. The molecule has 4 rings (SSSR count). The Morgan fingerprint density at radius 3 is 2.23 bits per heavy atom. The highest BCUT2D eigenvalue weighted by Gasteiger charge is 2.39. The Hall–Kier alpha value is -4.10. The lowest BCUT2D eigenvalue weighted by molar-refractivity contribution is -0.143. The Balaban J connectivity index is 1.84. The van der Waals surface area contributed by atoms with Crippen LogP contribution in [0.5, 0.6) is 0 Å². The lowest BCUT2D eigenvalue weighted by atomic mass is 9.92. The Morgan fingerprint density at radius 2 is 1.67 bits per heavy atom. The molecule has 3 aromatic rings. The number of nitrogens with one attached hydrogen (secondary N) is 1. The molecule has 0 spiro atoms. The summed E-state index contributed by atoms with van der Waals surface area (Å²) in [6.07, 6.45) is -5.34. The zero-order chi connectivity index (χ0) is 29.0. The molecular weight excluding hydrogens is 534 g/mol. The standard InChI is InChI=1S/C25H22F6N4O4/c1-24(2,3)39-23(38)35-9-17-19(12-6-14(26)15(27)7-13(12)21(36)33-17)18(10-35)34(4)22(37)11-5-16(28)20(32-8-11)25(29,30)31/h5-8,18H,9-10H2,1-4H3,(H,33,36). The van der Waals surface area contributed by atoms with Gasteiger partial charge in [-0.2, -0.15) is 13.2 Å². The van der Waals surface area contributed by atoms with Gasteiger partial charge in [0.2, 0.25) is 0 Å². The number of alkyl halides is 3. The van der Waals surface area contributed by atoms with Gasteiger partial charge in [-0.25, -0.2) is 22.9 Å². The number of aromatic amines is 1. The van der Waals surface area contributed by atoms with Gasteiger partial charge in [0.25, 0.3) is 11.5 Å². The van der Waals surface area contributed by atoms with E-state index < -0.39 is 64.1 Å². The maximum absolute atomic E-state index is 14.3. The quantitative estimate of drug-likeness (QED) is 0.452. The van der Waals surface area contributed by atoms with Gasteiger partial charge in [0.15, 0.2) is 23.1 Å². The van der Waals surface area contributed by atoms with Crippen LogP contribution in [0, 0.1) is 17.5 Å². The fourth-order valence-corrected chi connectivity index (χ4v) is 4.34. The number of rotatable bonds is 2. The zero-order valence-electron chi connectivity index (χ0n) is 21.0. The highest BCUT2D eigenvalue weighted by molar-refractivity contribution is 5.95. The molecule has 1 aliphatic heterocycles. The van der Waals surface area contributed by atoms with E-state index in [1.807, 2.05) is 0 Å². The van der Waals surface area contributed by atoms with E-state index in [2.05, 4.69) is 9.97 Å². The van der Waals surface area contributed by atoms with E-state index in [0.717, 1.165) is 15.9 Å². The summed E-state index contributed by atoms with van der Waals surface area (Å²) in [5.74, 6) is -5.31. The second-order valence-corrected chi connectivity index (χ2v) is 10.0. The van der Waals surface area contributed by atoms with Crippen LogP contribution in [-0.2, 0) is 17.5 Å². The van der Waals surface area contributed by atoms with Gasteiger partial charge >= 0.3 is 12.3 Å². The number of halogens is 6.